The molecule has 0 aromatic carbocycles. The Morgan fingerprint density at radius 3 is 2.85 bits per heavy atom. The maximum atomic E-state index is 11.7. The molecular formula is C9H10Br2OS. The molecule has 1 heterocycles. The second kappa shape index (κ2) is 5.27. The highest BCUT2D eigenvalue weighted by Crippen LogP contribution is 2.24. The molecule has 1 aromatic rings. The van der Waals surface area contributed by atoms with E-state index in [4.69, 9.17) is 0 Å². The quantitative estimate of drug-likeness (QED) is 0.597. The monoisotopic (exact) mass is 324 g/mol. The molecule has 1 atom stereocenters. The van der Waals surface area contributed by atoms with Crippen molar-refractivity contribution >= 4 is 49.0 Å². The molecule has 1 aromatic heterocycles. The summed E-state index contributed by atoms with van der Waals surface area (Å²) in [7, 11) is 0. The highest BCUT2D eigenvalue weighted by Gasteiger charge is 2.17. The van der Waals surface area contributed by atoms with E-state index in [9.17, 15) is 4.79 Å². The molecule has 0 aliphatic heterocycles. The summed E-state index contributed by atoms with van der Waals surface area (Å²) in [4.78, 5) is 12.5. The van der Waals surface area contributed by atoms with Crippen LogP contribution in [0.5, 0.6) is 0 Å². The SMILES string of the molecule is CCCC(Br)C(=O)c1cc(Br)cs1. The number of rotatable bonds is 4. The summed E-state index contributed by atoms with van der Waals surface area (Å²) < 4.78 is 0.983. The first-order chi connectivity index (χ1) is 6.15. The van der Waals surface area contributed by atoms with Crippen molar-refractivity contribution in [2.45, 2.75) is 24.6 Å². The molecule has 0 amide bonds. The maximum Gasteiger partial charge on any atom is 0.186 e. The Bertz CT molecular complexity index is 296. The van der Waals surface area contributed by atoms with E-state index in [2.05, 4.69) is 38.8 Å². The van der Waals surface area contributed by atoms with Crippen LogP contribution in [0, 0.1) is 0 Å². The molecule has 1 unspecified atom stereocenters. The molecule has 0 aliphatic carbocycles. The minimum absolute atomic E-state index is 0.0250. The lowest BCUT2D eigenvalue weighted by atomic mass is 10.1. The Labute approximate surface area is 98.8 Å². The molecule has 1 rings (SSSR count). The summed E-state index contributed by atoms with van der Waals surface area (Å²) in [6.07, 6.45) is 1.92. The summed E-state index contributed by atoms with van der Waals surface area (Å²) in [5.74, 6) is 0.192. The van der Waals surface area contributed by atoms with Gasteiger partial charge in [0, 0.05) is 9.85 Å². The van der Waals surface area contributed by atoms with Gasteiger partial charge < -0.3 is 0 Å². The molecule has 0 radical (unpaired) electrons. The van der Waals surface area contributed by atoms with Crippen molar-refractivity contribution in [1.82, 2.24) is 0 Å². The number of carbonyl (C=O) groups excluding carboxylic acids is 1. The lowest BCUT2D eigenvalue weighted by Gasteiger charge is -2.04. The number of Topliss-reactive ketones (excluding diaryl/α,β-unsaturated/α-hetero) is 1. The van der Waals surface area contributed by atoms with Crippen molar-refractivity contribution < 1.29 is 4.79 Å². The number of ketones is 1. The van der Waals surface area contributed by atoms with Gasteiger partial charge in [-0.05, 0) is 28.4 Å². The first-order valence-corrected chi connectivity index (χ1v) is 6.66. The van der Waals surface area contributed by atoms with Crippen LogP contribution in [-0.4, -0.2) is 10.6 Å². The average molecular weight is 326 g/mol. The summed E-state index contributed by atoms with van der Waals surface area (Å²) >= 11 is 8.21. The molecule has 0 fully saturated rings. The normalized spacial score (nSPS) is 12.8. The van der Waals surface area contributed by atoms with Gasteiger partial charge in [-0.25, -0.2) is 0 Å². The van der Waals surface area contributed by atoms with Gasteiger partial charge in [0.25, 0.3) is 0 Å². The van der Waals surface area contributed by atoms with Crippen molar-refractivity contribution in [2.75, 3.05) is 0 Å². The third-order valence-corrected chi connectivity index (χ3v) is 4.22. The summed E-state index contributed by atoms with van der Waals surface area (Å²) in [5.41, 5.74) is 0. The second-order valence-electron chi connectivity index (χ2n) is 2.75. The number of hydrogen-bond acceptors (Lipinski definition) is 2. The predicted octanol–water partition coefficient (Wildman–Crippen LogP) is 4.26. The zero-order valence-electron chi connectivity index (χ0n) is 7.22. The van der Waals surface area contributed by atoms with E-state index in [0.717, 1.165) is 22.2 Å². The van der Waals surface area contributed by atoms with Crippen molar-refractivity contribution in [2.24, 2.45) is 0 Å². The maximum absolute atomic E-state index is 11.7. The lowest BCUT2D eigenvalue weighted by molar-refractivity contribution is 0.0992. The number of thiophene rings is 1. The number of halogens is 2. The van der Waals surface area contributed by atoms with E-state index >= 15 is 0 Å². The number of hydrogen-bond donors (Lipinski definition) is 0. The molecule has 4 heteroatoms. The lowest BCUT2D eigenvalue weighted by Crippen LogP contribution is -2.12. The summed E-state index contributed by atoms with van der Waals surface area (Å²) in [6, 6.07) is 1.87. The molecular weight excluding hydrogens is 316 g/mol. The van der Waals surface area contributed by atoms with Gasteiger partial charge in [0.15, 0.2) is 5.78 Å². The van der Waals surface area contributed by atoms with Crippen molar-refractivity contribution in [3.63, 3.8) is 0 Å². The van der Waals surface area contributed by atoms with E-state index in [1.165, 1.54) is 11.3 Å². The Morgan fingerprint density at radius 2 is 2.38 bits per heavy atom. The van der Waals surface area contributed by atoms with Gasteiger partial charge in [-0.1, -0.05) is 29.3 Å². The largest absolute Gasteiger partial charge is 0.292 e. The minimum atomic E-state index is -0.0250. The molecule has 0 saturated carbocycles. The van der Waals surface area contributed by atoms with E-state index in [1.807, 2.05) is 11.4 Å². The first-order valence-electron chi connectivity index (χ1n) is 4.07. The second-order valence-corrected chi connectivity index (χ2v) is 5.68. The van der Waals surface area contributed by atoms with Gasteiger partial charge in [0.1, 0.15) is 0 Å². The van der Waals surface area contributed by atoms with Gasteiger partial charge in [0.2, 0.25) is 0 Å². The third kappa shape index (κ3) is 3.18. The van der Waals surface area contributed by atoms with Crippen LogP contribution in [0.2, 0.25) is 0 Å². The fraction of sp³-hybridized carbons (Fsp3) is 0.444. The minimum Gasteiger partial charge on any atom is -0.292 e. The van der Waals surface area contributed by atoms with Crippen LogP contribution >= 0.6 is 43.2 Å². The Morgan fingerprint density at radius 1 is 1.69 bits per heavy atom. The Balaban J connectivity index is 2.67. The Hall–Kier alpha value is 0.330. The highest BCUT2D eigenvalue weighted by atomic mass is 79.9. The van der Waals surface area contributed by atoms with E-state index in [1.54, 1.807) is 0 Å². The molecule has 13 heavy (non-hydrogen) atoms. The van der Waals surface area contributed by atoms with E-state index in [-0.39, 0.29) is 10.6 Å². The standard InChI is InChI=1S/C9H10Br2OS/c1-2-3-7(11)9(12)8-4-6(10)5-13-8/h4-5,7H,2-3H2,1H3. The van der Waals surface area contributed by atoms with Crippen LogP contribution in [0.1, 0.15) is 29.4 Å². The molecule has 0 spiro atoms. The highest BCUT2D eigenvalue weighted by molar-refractivity contribution is 9.10. The van der Waals surface area contributed by atoms with Gasteiger partial charge >= 0.3 is 0 Å². The number of alkyl halides is 1. The molecule has 0 aliphatic rings. The molecule has 1 nitrogen and oxygen atoms in total. The fourth-order valence-corrected chi connectivity index (χ4v) is 3.26. The summed E-state index contributed by atoms with van der Waals surface area (Å²) in [6.45, 7) is 2.08. The smallest absolute Gasteiger partial charge is 0.186 e. The van der Waals surface area contributed by atoms with Gasteiger partial charge in [-0.2, -0.15) is 0 Å². The molecule has 0 N–H and O–H groups in total. The van der Waals surface area contributed by atoms with E-state index in [0.29, 0.717) is 0 Å². The van der Waals surface area contributed by atoms with Crippen molar-refractivity contribution in [1.29, 1.82) is 0 Å². The summed E-state index contributed by atoms with van der Waals surface area (Å²) in [5, 5.41) is 1.93. The van der Waals surface area contributed by atoms with Crippen LogP contribution < -0.4 is 0 Å². The predicted molar refractivity (Wildman–Crippen MR) is 64.0 cm³/mol. The van der Waals surface area contributed by atoms with E-state index < -0.39 is 0 Å². The molecule has 0 saturated heterocycles. The van der Waals surface area contributed by atoms with Crippen LogP contribution in [0.4, 0.5) is 0 Å². The Kier molecular flexibility index (Phi) is 4.62. The van der Waals surface area contributed by atoms with Crippen LogP contribution in [0.3, 0.4) is 0 Å². The van der Waals surface area contributed by atoms with Crippen molar-refractivity contribution in [3.8, 4) is 0 Å². The zero-order chi connectivity index (χ0) is 9.84. The van der Waals surface area contributed by atoms with Gasteiger partial charge in [-0.15, -0.1) is 11.3 Å². The number of carbonyl (C=O) groups is 1. The van der Waals surface area contributed by atoms with Crippen LogP contribution in [0.15, 0.2) is 15.9 Å². The first kappa shape index (κ1) is 11.4. The molecule has 72 valence electrons. The van der Waals surface area contributed by atoms with Crippen molar-refractivity contribution in [3.05, 3.63) is 20.8 Å². The zero-order valence-corrected chi connectivity index (χ0v) is 11.2. The van der Waals surface area contributed by atoms with Crippen LogP contribution in [-0.2, 0) is 0 Å². The average Bonchev–Trinajstić information content (AvgIpc) is 2.51. The topological polar surface area (TPSA) is 17.1 Å². The van der Waals surface area contributed by atoms with Gasteiger partial charge in [0.05, 0.1) is 9.70 Å². The third-order valence-electron chi connectivity index (χ3n) is 1.64. The fourth-order valence-electron chi connectivity index (χ4n) is 0.981. The van der Waals surface area contributed by atoms with Gasteiger partial charge in [-0.3, -0.25) is 4.79 Å². The molecule has 0 bridgehead atoms. The van der Waals surface area contributed by atoms with Crippen LogP contribution in [0.25, 0.3) is 0 Å².